The standard InChI is InChI=1S/C27H28FNO3/c1-19(32-26-8-4-6-22-5-2-3-7-25(22)26)27(30)29-17-20-11-15-24(16-12-20)31-18-21-9-13-23(28)14-10-21/h4,6,8-16,19H,2-3,5,7,17-18H2,1H3,(H,29,30)/t19-/m0/s1. The van der Waals surface area contributed by atoms with Gasteiger partial charge < -0.3 is 14.8 Å². The highest BCUT2D eigenvalue weighted by Crippen LogP contribution is 2.30. The quantitative estimate of drug-likeness (QED) is 0.520. The predicted molar refractivity (Wildman–Crippen MR) is 122 cm³/mol. The van der Waals surface area contributed by atoms with Crippen molar-refractivity contribution in [1.82, 2.24) is 5.32 Å². The summed E-state index contributed by atoms with van der Waals surface area (Å²) >= 11 is 0. The van der Waals surface area contributed by atoms with Gasteiger partial charge in [-0.2, -0.15) is 0 Å². The molecule has 1 aliphatic carbocycles. The second kappa shape index (κ2) is 10.3. The van der Waals surface area contributed by atoms with Gasteiger partial charge in [0.15, 0.2) is 6.10 Å². The topological polar surface area (TPSA) is 47.6 Å². The third-order valence-corrected chi connectivity index (χ3v) is 5.73. The van der Waals surface area contributed by atoms with Crippen LogP contribution in [0, 0.1) is 5.82 Å². The van der Waals surface area contributed by atoms with Crippen LogP contribution in [0.1, 0.15) is 42.0 Å². The minimum Gasteiger partial charge on any atom is -0.489 e. The first-order valence-electron chi connectivity index (χ1n) is 11.1. The summed E-state index contributed by atoms with van der Waals surface area (Å²) in [6.07, 6.45) is 3.90. The summed E-state index contributed by atoms with van der Waals surface area (Å²) in [5.74, 6) is 1.14. The molecule has 0 fully saturated rings. The van der Waals surface area contributed by atoms with Crippen LogP contribution in [0.3, 0.4) is 0 Å². The molecule has 0 saturated carbocycles. The molecule has 0 aliphatic heterocycles. The number of ether oxygens (including phenoxy) is 2. The zero-order valence-electron chi connectivity index (χ0n) is 18.3. The Hall–Kier alpha value is -3.34. The number of aryl methyl sites for hydroxylation is 1. The highest BCUT2D eigenvalue weighted by molar-refractivity contribution is 5.80. The van der Waals surface area contributed by atoms with Crippen LogP contribution in [0.15, 0.2) is 66.7 Å². The van der Waals surface area contributed by atoms with Crippen LogP contribution in [0.4, 0.5) is 4.39 Å². The third kappa shape index (κ3) is 5.67. The average molecular weight is 434 g/mol. The fourth-order valence-corrected chi connectivity index (χ4v) is 3.88. The number of rotatable bonds is 8. The lowest BCUT2D eigenvalue weighted by atomic mass is 9.91. The molecule has 1 N–H and O–H groups in total. The van der Waals surface area contributed by atoms with Crippen LogP contribution in [-0.4, -0.2) is 12.0 Å². The summed E-state index contributed by atoms with van der Waals surface area (Å²) in [5.41, 5.74) is 4.45. The van der Waals surface area contributed by atoms with Gasteiger partial charge in [0.1, 0.15) is 23.9 Å². The lowest BCUT2D eigenvalue weighted by molar-refractivity contribution is -0.127. The number of fused-ring (bicyclic) bond motifs is 1. The van der Waals surface area contributed by atoms with Crippen molar-refractivity contribution >= 4 is 5.91 Å². The average Bonchev–Trinajstić information content (AvgIpc) is 2.83. The molecule has 0 heterocycles. The molecule has 1 amide bonds. The molecular formula is C27H28FNO3. The van der Waals surface area contributed by atoms with Crippen molar-refractivity contribution in [3.63, 3.8) is 0 Å². The Bertz CT molecular complexity index is 1050. The first-order valence-corrected chi connectivity index (χ1v) is 11.1. The molecule has 0 radical (unpaired) electrons. The molecule has 1 atom stereocenters. The maximum atomic E-state index is 13.0. The third-order valence-electron chi connectivity index (χ3n) is 5.73. The number of hydrogen-bond donors (Lipinski definition) is 1. The Morgan fingerprint density at radius 2 is 1.69 bits per heavy atom. The van der Waals surface area contributed by atoms with Gasteiger partial charge in [-0.05, 0) is 85.2 Å². The first-order chi connectivity index (χ1) is 15.6. The van der Waals surface area contributed by atoms with Gasteiger partial charge >= 0.3 is 0 Å². The Morgan fingerprint density at radius 3 is 2.47 bits per heavy atom. The van der Waals surface area contributed by atoms with Gasteiger partial charge in [-0.1, -0.05) is 36.4 Å². The van der Waals surface area contributed by atoms with Crippen molar-refractivity contribution in [2.24, 2.45) is 0 Å². The Kier molecular flexibility index (Phi) is 7.05. The van der Waals surface area contributed by atoms with E-state index in [1.807, 2.05) is 36.4 Å². The van der Waals surface area contributed by atoms with Crippen molar-refractivity contribution in [2.45, 2.75) is 51.9 Å². The number of carbonyl (C=O) groups excluding carboxylic acids is 1. The van der Waals surface area contributed by atoms with Crippen molar-refractivity contribution in [3.8, 4) is 11.5 Å². The number of halogens is 1. The van der Waals surface area contributed by atoms with E-state index in [9.17, 15) is 9.18 Å². The molecule has 166 valence electrons. The zero-order valence-corrected chi connectivity index (χ0v) is 18.3. The summed E-state index contributed by atoms with van der Waals surface area (Å²) in [7, 11) is 0. The van der Waals surface area contributed by atoms with Crippen LogP contribution in [0.2, 0.25) is 0 Å². The smallest absolute Gasteiger partial charge is 0.261 e. The summed E-state index contributed by atoms with van der Waals surface area (Å²) in [5, 5.41) is 2.94. The summed E-state index contributed by atoms with van der Waals surface area (Å²) in [6, 6.07) is 19.9. The van der Waals surface area contributed by atoms with Gasteiger partial charge in [0.05, 0.1) is 0 Å². The van der Waals surface area contributed by atoms with Crippen molar-refractivity contribution < 1.29 is 18.7 Å². The van der Waals surface area contributed by atoms with E-state index < -0.39 is 6.10 Å². The highest BCUT2D eigenvalue weighted by atomic mass is 19.1. The van der Waals surface area contributed by atoms with Crippen molar-refractivity contribution in [1.29, 1.82) is 0 Å². The number of nitrogens with one attached hydrogen (secondary N) is 1. The normalized spacial score (nSPS) is 13.7. The van der Waals surface area contributed by atoms with Gasteiger partial charge in [0.25, 0.3) is 5.91 Å². The molecule has 0 unspecified atom stereocenters. The maximum absolute atomic E-state index is 13.0. The molecule has 32 heavy (non-hydrogen) atoms. The van der Waals surface area contributed by atoms with E-state index in [2.05, 4.69) is 11.4 Å². The fourth-order valence-electron chi connectivity index (χ4n) is 3.88. The number of amides is 1. The minimum absolute atomic E-state index is 0.143. The summed E-state index contributed by atoms with van der Waals surface area (Å²) < 4.78 is 24.7. The zero-order chi connectivity index (χ0) is 22.3. The van der Waals surface area contributed by atoms with Crippen LogP contribution in [0.25, 0.3) is 0 Å². The Labute approximate surface area is 188 Å². The molecule has 0 aromatic heterocycles. The van der Waals surface area contributed by atoms with Gasteiger partial charge in [0.2, 0.25) is 0 Å². The van der Waals surface area contributed by atoms with Crippen LogP contribution in [0.5, 0.6) is 11.5 Å². The van der Waals surface area contributed by atoms with E-state index >= 15 is 0 Å². The minimum atomic E-state index is -0.568. The van der Waals surface area contributed by atoms with Crippen LogP contribution in [-0.2, 0) is 30.8 Å². The van der Waals surface area contributed by atoms with E-state index in [4.69, 9.17) is 9.47 Å². The lowest BCUT2D eigenvalue weighted by Gasteiger charge is -2.22. The number of hydrogen-bond acceptors (Lipinski definition) is 3. The molecular weight excluding hydrogens is 405 g/mol. The van der Waals surface area contributed by atoms with Gasteiger partial charge in [-0.25, -0.2) is 4.39 Å². The molecule has 4 nitrogen and oxygen atoms in total. The highest BCUT2D eigenvalue weighted by Gasteiger charge is 2.19. The molecule has 0 spiro atoms. The van der Waals surface area contributed by atoms with E-state index in [-0.39, 0.29) is 11.7 Å². The van der Waals surface area contributed by atoms with E-state index in [0.717, 1.165) is 41.9 Å². The predicted octanol–water partition coefficient (Wildman–Crippen LogP) is 5.37. The van der Waals surface area contributed by atoms with E-state index in [1.54, 1.807) is 19.1 Å². The second-order valence-electron chi connectivity index (χ2n) is 8.14. The number of benzene rings is 3. The number of carbonyl (C=O) groups is 1. The molecule has 3 aromatic rings. The molecule has 3 aromatic carbocycles. The van der Waals surface area contributed by atoms with Gasteiger partial charge in [-0.15, -0.1) is 0 Å². The first kappa shape index (κ1) is 21.9. The van der Waals surface area contributed by atoms with E-state index in [1.165, 1.54) is 29.7 Å². The maximum Gasteiger partial charge on any atom is 0.261 e. The summed E-state index contributed by atoms with van der Waals surface area (Å²) in [4.78, 5) is 12.6. The molecule has 0 saturated heterocycles. The monoisotopic (exact) mass is 433 g/mol. The van der Waals surface area contributed by atoms with Gasteiger partial charge in [-0.3, -0.25) is 4.79 Å². The Morgan fingerprint density at radius 1 is 0.969 bits per heavy atom. The van der Waals surface area contributed by atoms with Crippen LogP contribution < -0.4 is 14.8 Å². The molecule has 0 bridgehead atoms. The van der Waals surface area contributed by atoms with Crippen molar-refractivity contribution in [3.05, 3.63) is 94.8 Å². The fraction of sp³-hybridized carbons (Fsp3) is 0.296. The SMILES string of the molecule is C[C@H](Oc1cccc2c1CCCC2)C(=O)NCc1ccc(OCc2ccc(F)cc2)cc1. The summed E-state index contributed by atoms with van der Waals surface area (Å²) in [6.45, 7) is 2.57. The van der Waals surface area contributed by atoms with Crippen LogP contribution >= 0.6 is 0 Å². The second-order valence-corrected chi connectivity index (χ2v) is 8.14. The molecule has 1 aliphatic rings. The Balaban J connectivity index is 1.26. The molecule has 4 rings (SSSR count). The largest absolute Gasteiger partial charge is 0.489 e. The van der Waals surface area contributed by atoms with Gasteiger partial charge in [0, 0.05) is 6.54 Å². The van der Waals surface area contributed by atoms with E-state index in [0.29, 0.717) is 13.2 Å². The lowest BCUT2D eigenvalue weighted by Crippen LogP contribution is -2.36. The van der Waals surface area contributed by atoms with Crippen molar-refractivity contribution in [2.75, 3.05) is 0 Å². The molecule has 5 heteroatoms.